The van der Waals surface area contributed by atoms with Crippen molar-refractivity contribution in [2.24, 2.45) is 16.7 Å². The minimum atomic E-state index is 0.103. The Morgan fingerprint density at radius 1 is 0.660 bits per heavy atom. The average molecular weight is 633 g/mol. The lowest BCUT2D eigenvalue weighted by Gasteiger charge is -2.37. The van der Waals surface area contributed by atoms with Gasteiger partial charge in [-0.2, -0.15) is 0 Å². The molecule has 6 heteroatoms. The van der Waals surface area contributed by atoms with Crippen LogP contribution in [0.3, 0.4) is 0 Å². The van der Waals surface area contributed by atoms with E-state index in [2.05, 4.69) is 63.5 Å². The van der Waals surface area contributed by atoms with Gasteiger partial charge in [0.15, 0.2) is 0 Å². The summed E-state index contributed by atoms with van der Waals surface area (Å²) in [4.78, 5) is 26.5. The lowest BCUT2D eigenvalue weighted by molar-refractivity contribution is 0.207. The Hall–Kier alpha value is -3.54. The van der Waals surface area contributed by atoms with E-state index in [0.717, 1.165) is 41.9 Å². The zero-order valence-corrected chi connectivity index (χ0v) is 29.2. The molecule has 1 N–H and O–H groups in total. The van der Waals surface area contributed by atoms with Crippen LogP contribution < -0.4 is 11.1 Å². The smallest absolute Gasteiger partial charge is 0.275 e. The maximum Gasteiger partial charge on any atom is 0.275 e. The van der Waals surface area contributed by atoms with Gasteiger partial charge in [-0.1, -0.05) is 97.2 Å². The van der Waals surface area contributed by atoms with Gasteiger partial charge in [-0.05, 0) is 91.4 Å². The predicted molar refractivity (Wildman–Crippen MR) is 189 cm³/mol. The second kappa shape index (κ2) is 10.5. The maximum atomic E-state index is 13.7. The number of rotatable bonds is 4. The van der Waals surface area contributed by atoms with Crippen molar-refractivity contribution in [2.75, 3.05) is 0 Å². The van der Waals surface area contributed by atoms with Crippen molar-refractivity contribution in [1.82, 2.24) is 19.1 Å². The van der Waals surface area contributed by atoms with Crippen LogP contribution in [-0.2, 0) is 17.4 Å². The minimum Gasteiger partial charge on any atom is -0.294 e. The molecule has 5 aliphatic rings. The Bertz CT molecular complexity index is 1930. The molecule has 6 nitrogen and oxygen atoms in total. The van der Waals surface area contributed by atoms with Gasteiger partial charge >= 0.3 is 0 Å². The van der Waals surface area contributed by atoms with E-state index in [1.165, 1.54) is 56.3 Å². The molecule has 4 aromatic rings. The van der Waals surface area contributed by atoms with E-state index < -0.39 is 0 Å². The van der Waals surface area contributed by atoms with E-state index in [1.54, 1.807) is 4.68 Å². The summed E-state index contributed by atoms with van der Waals surface area (Å²) in [6.07, 6.45) is 11.3. The van der Waals surface area contributed by atoms with E-state index >= 15 is 0 Å². The molecule has 2 heterocycles. The number of nitrogens with one attached hydrogen (secondary N) is 1. The first-order valence-electron chi connectivity index (χ1n) is 18.2. The number of para-hydroxylation sites is 2. The zero-order valence-electron chi connectivity index (χ0n) is 29.2. The molecule has 4 bridgehead atoms. The van der Waals surface area contributed by atoms with Gasteiger partial charge in [0.25, 0.3) is 11.1 Å². The summed E-state index contributed by atoms with van der Waals surface area (Å²) in [6.45, 7) is 15.1. The van der Waals surface area contributed by atoms with Crippen LogP contribution in [0.15, 0.2) is 70.3 Å². The van der Waals surface area contributed by atoms with Crippen molar-refractivity contribution in [3.8, 4) is 11.4 Å². The number of aromatic nitrogens is 4. The first-order valence-corrected chi connectivity index (χ1v) is 18.2. The fourth-order valence-electron chi connectivity index (χ4n) is 10.9. The Morgan fingerprint density at radius 2 is 1.21 bits per heavy atom. The third kappa shape index (κ3) is 4.08. The van der Waals surface area contributed by atoms with Gasteiger partial charge in [0.05, 0.1) is 17.1 Å². The quantitative estimate of drug-likeness (QED) is 0.245. The fraction of sp³-hybridized carbons (Fsp3) is 0.561. The summed E-state index contributed by atoms with van der Waals surface area (Å²) in [6, 6.07) is 20.2. The van der Waals surface area contributed by atoms with E-state index in [0.29, 0.717) is 17.8 Å². The van der Waals surface area contributed by atoms with Crippen molar-refractivity contribution < 1.29 is 0 Å². The number of H-pyrrole nitrogens is 1. The highest BCUT2D eigenvalue weighted by Crippen LogP contribution is 2.68. The van der Waals surface area contributed by atoms with Gasteiger partial charge < -0.3 is 0 Å². The van der Waals surface area contributed by atoms with Crippen LogP contribution in [0.2, 0.25) is 0 Å². The molecule has 248 valence electrons. The minimum absolute atomic E-state index is 0.103. The van der Waals surface area contributed by atoms with E-state index in [1.807, 2.05) is 53.2 Å². The first kappa shape index (κ1) is 30.8. The van der Waals surface area contributed by atoms with Crippen LogP contribution in [0.1, 0.15) is 134 Å². The largest absolute Gasteiger partial charge is 0.294 e. The standard InChI is InChI=1S/C24H32N2O.C17H20N2O/c1-23(2)19-14-15-24(23,3)21-20(19)22(27)26(18-12-8-5-9-13-18)25(21)16-17-10-6-4-7-11-17;1-16(2)12-9-10-17(16,3)14-13(12)15(20)19(18-14)11-7-5-4-6-8-11/h5,8-9,12-13,17,19H,4,6-7,10-11,14-16H2,1-3H3;4-8,12,18H,9-10H2,1-3H3/t19-,24+;12-,17+/m11/s1. The summed E-state index contributed by atoms with van der Waals surface area (Å²) < 4.78 is 6.16. The molecule has 0 radical (unpaired) electrons. The molecule has 0 aliphatic heterocycles. The van der Waals surface area contributed by atoms with E-state index in [9.17, 15) is 9.59 Å². The summed E-state index contributed by atoms with van der Waals surface area (Å²) in [7, 11) is 0. The first-order chi connectivity index (χ1) is 22.4. The SMILES string of the molecule is CC1(C)[C@@H]2CC[C@@]1(C)c1[nH]n(-c3ccccc3)c(=O)c12.CC1(C)[C@@H]2CC[C@@]1(C)c1c2c(=O)n(-c2ccccc2)n1CC1CCCCC1. The van der Waals surface area contributed by atoms with Crippen LogP contribution in [0.5, 0.6) is 0 Å². The molecule has 0 spiro atoms. The predicted octanol–water partition coefficient (Wildman–Crippen LogP) is 8.73. The van der Waals surface area contributed by atoms with Gasteiger partial charge in [0.2, 0.25) is 0 Å². The van der Waals surface area contributed by atoms with Crippen LogP contribution in [0.25, 0.3) is 11.4 Å². The van der Waals surface area contributed by atoms with Crippen LogP contribution in [0, 0.1) is 16.7 Å². The molecule has 5 aliphatic carbocycles. The van der Waals surface area contributed by atoms with Gasteiger partial charge in [-0.3, -0.25) is 19.4 Å². The molecule has 2 aromatic heterocycles. The van der Waals surface area contributed by atoms with Crippen molar-refractivity contribution in [3.05, 3.63) is 104 Å². The number of hydrogen-bond donors (Lipinski definition) is 1. The van der Waals surface area contributed by atoms with E-state index in [4.69, 9.17) is 0 Å². The maximum absolute atomic E-state index is 13.7. The molecule has 4 atom stereocenters. The molecular formula is C41H52N4O2. The average Bonchev–Trinajstić information content (AvgIpc) is 3.79. The number of aromatic amines is 1. The van der Waals surface area contributed by atoms with Crippen LogP contribution >= 0.6 is 0 Å². The summed E-state index contributed by atoms with van der Waals surface area (Å²) in [5, 5.41) is 3.41. The molecule has 3 fully saturated rings. The van der Waals surface area contributed by atoms with Gasteiger partial charge in [0, 0.05) is 34.2 Å². The van der Waals surface area contributed by atoms with Crippen molar-refractivity contribution in [1.29, 1.82) is 0 Å². The second-order valence-electron chi connectivity index (χ2n) is 17.0. The fourth-order valence-corrected chi connectivity index (χ4v) is 10.9. The van der Waals surface area contributed by atoms with Gasteiger partial charge in [-0.25, -0.2) is 9.36 Å². The third-order valence-corrected chi connectivity index (χ3v) is 14.5. The molecule has 47 heavy (non-hydrogen) atoms. The Morgan fingerprint density at radius 3 is 1.83 bits per heavy atom. The Labute approximate surface area is 279 Å². The Balaban J connectivity index is 0.000000144. The monoisotopic (exact) mass is 632 g/mol. The summed E-state index contributed by atoms with van der Waals surface area (Å²) >= 11 is 0. The number of benzene rings is 2. The molecule has 3 saturated carbocycles. The second-order valence-corrected chi connectivity index (χ2v) is 17.0. The molecule has 0 unspecified atom stereocenters. The topological polar surface area (TPSA) is 64.7 Å². The third-order valence-electron chi connectivity index (χ3n) is 14.5. The number of fused-ring (bicyclic) bond motifs is 10. The molecule has 0 amide bonds. The molecule has 2 aromatic carbocycles. The Kier molecular flexibility index (Phi) is 6.86. The van der Waals surface area contributed by atoms with Gasteiger partial charge in [-0.15, -0.1) is 0 Å². The van der Waals surface area contributed by atoms with Crippen molar-refractivity contribution >= 4 is 0 Å². The lowest BCUT2D eigenvalue weighted by Crippen LogP contribution is -2.37. The number of nitrogens with zero attached hydrogens (tertiary/aromatic N) is 3. The summed E-state index contributed by atoms with van der Waals surface area (Å²) in [5.41, 5.74) is 7.62. The van der Waals surface area contributed by atoms with Crippen LogP contribution in [-0.4, -0.2) is 19.1 Å². The highest BCUT2D eigenvalue weighted by Gasteiger charge is 2.63. The normalized spacial score (nSPS) is 29.4. The summed E-state index contributed by atoms with van der Waals surface area (Å²) in [5.74, 6) is 1.51. The van der Waals surface area contributed by atoms with Crippen molar-refractivity contribution in [3.63, 3.8) is 0 Å². The number of hydrogen-bond acceptors (Lipinski definition) is 2. The highest BCUT2D eigenvalue weighted by molar-refractivity contribution is 5.48. The van der Waals surface area contributed by atoms with Crippen LogP contribution in [0.4, 0.5) is 0 Å². The van der Waals surface area contributed by atoms with Crippen molar-refractivity contribution in [2.45, 2.75) is 129 Å². The zero-order chi connectivity index (χ0) is 32.9. The lowest BCUT2D eigenvalue weighted by atomic mass is 9.70. The molecule has 9 rings (SSSR count). The molecular weight excluding hydrogens is 580 g/mol. The van der Waals surface area contributed by atoms with Gasteiger partial charge in [0.1, 0.15) is 0 Å². The highest BCUT2D eigenvalue weighted by atomic mass is 16.1. The molecule has 0 saturated heterocycles. The van der Waals surface area contributed by atoms with E-state index in [-0.39, 0.29) is 32.8 Å².